The summed E-state index contributed by atoms with van der Waals surface area (Å²) < 4.78 is 0.675. The lowest BCUT2D eigenvalue weighted by Crippen LogP contribution is -2.45. The van der Waals surface area contributed by atoms with E-state index in [1.165, 1.54) is 13.0 Å². The number of alkyl halides is 1. The molecule has 2 aliphatic heterocycles. The Labute approximate surface area is 117 Å². The van der Waals surface area contributed by atoms with E-state index in [0.29, 0.717) is 10.1 Å². The molecule has 17 heavy (non-hydrogen) atoms. The maximum Gasteiger partial charge on any atom is 0.222 e. The molecule has 0 saturated carbocycles. The van der Waals surface area contributed by atoms with Crippen LogP contribution in [0.3, 0.4) is 0 Å². The van der Waals surface area contributed by atoms with Gasteiger partial charge in [0.1, 0.15) is 0 Å². The van der Waals surface area contributed by atoms with E-state index in [4.69, 9.17) is 0 Å². The van der Waals surface area contributed by atoms with Crippen molar-refractivity contribution >= 4 is 28.5 Å². The summed E-state index contributed by atoms with van der Waals surface area (Å²) in [4.78, 5) is 16.6. The third-order valence-electron chi connectivity index (χ3n) is 4.11. The Kier molecular flexibility index (Phi) is 4.65. The molecular formula is C12H22IN3O. The Morgan fingerprint density at radius 3 is 2.47 bits per heavy atom. The van der Waals surface area contributed by atoms with Crippen LogP contribution in [0.2, 0.25) is 0 Å². The maximum atomic E-state index is 11.6. The minimum atomic E-state index is 0.222. The smallest absolute Gasteiger partial charge is 0.222 e. The number of amides is 1. The van der Waals surface area contributed by atoms with Gasteiger partial charge in [-0.15, -0.1) is 0 Å². The maximum absolute atomic E-state index is 11.6. The first-order valence-electron chi connectivity index (χ1n) is 6.41. The molecule has 0 bridgehead atoms. The fourth-order valence-corrected chi connectivity index (χ4v) is 3.74. The zero-order valence-electron chi connectivity index (χ0n) is 10.7. The molecule has 1 amide bonds. The van der Waals surface area contributed by atoms with Crippen LogP contribution in [0.15, 0.2) is 0 Å². The lowest BCUT2D eigenvalue weighted by Gasteiger charge is -2.35. The molecule has 0 aliphatic carbocycles. The van der Waals surface area contributed by atoms with Gasteiger partial charge in [-0.3, -0.25) is 14.6 Å². The van der Waals surface area contributed by atoms with Gasteiger partial charge in [-0.25, -0.2) is 0 Å². The molecule has 4 nitrogen and oxygen atoms in total. The van der Waals surface area contributed by atoms with Crippen molar-refractivity contribution in [3.05, 3.63) is 0 Å². The van der Waals surface area contributed by atoms with Gasteiger partial charge in [0.2, 0.25) is 5.91 Å². The van der Waals surface area contributed by atoms with Crippen LogP contribution in [-0.4, -0.2) is 59.5 Å². The molecule has 1 N–H and O–H groups in total. The zero-order chi connectivity index (χ0) is 12.4. The van der Waals surface area contributed by atoms with Crippen LogP contribution in [0.5, 0.6) is 0 Å². The second-order valence-corrected chi connectivity index (χ2v) is 6.63. The Hall–Kier alpha value is 0.120. The molecule has 0 aromatic carbocycles. The van der Waals surface area contributed by atoms with E-state index >= 15 is 0 Å². The summed E-state index contributed by atoms with van der Waals surface area (Å²) in [7, 11) is 3.94. The van der Waals surface area contributed by atoms with Crippen LogP contribution in [0.25, 0.3) is 0 Å². The van der Waals surface area contributed by atoms with Gasteiger partial charge in [-0.1, -0.05) is 22.6 Å². The number of piperidine rings is 1. The highest BCUT2D eigenvalue weighted by molar-refractivity contribution is 14.1. The van der Waals surface area contributed by atoms with E-state index in [1.54, 1.807) is 7.05 Å². The van der Waals surface area contributed by atoms with Crippen LogP contribution in [0.1, 0.15) is 19.3 Å². The molecule has 0 spiro atoms. The molecule has 2 heterocycles. The van der Waals surface area contributed by atoms with Crippen LogP contribution >= 0.6 is 22.6 Å². The number of nitrogens with zero attached hydrogens (tertiary/aromatic N) is 2. The average Bonchev–Trinajstić information content (AvgIpc) is 2.69. The van der Waals surface area contributed by atoms with Gasteiger partial charge in [0.25, 0.3) is 0 Å². The number of carbonyl (C=O) groups excluding carboxylic acids is 1. The van der Waals surface area contributed by atoms with Gasteiger partial charge in [-0.2, -0.15) is 0 Å². The molecule has 2 aliphatic rings. The number of nitrogens with one attached hydrogen (secondary N) is 1. The Morgan fingerprint density at radius 2 is 2.00 bits per heavy atom. The van der Waals surface area contributed by atoms with Crippen molar-refractivity contribution in [1.29, 1.82) is 0 Å². The first-order chi connectivity index (χ1) is 8.11. The predicted molar refractivity (Wildman–Crippen MR) is 77.2 cm³/mol. The quantitative estimate of drug-likeness (QED) is 0.456. The molecule has 2 rings (SSSR count). The zero-order valence-corrected chi connectivity index (χ0v) is 12.8. The number of likely N-dealkylation sites (N-methyl/N-ethyl adjacent to an activating group) is 1. The molecule has 0 radical (unpaired) electrons. The summed E-state index contributed by atoms with van der Waals surface area (Å²) in [6.45, 7) is 3.35. The van der Waals surface area contributed by atoms with Crippen molar-refractivity contribution in [2.45, 2.75) is 29.4 Å². The summed E-state index contributed by atoms with van der Waals surface area (Å²) in [5.41, 5.74) is 0. The van der Waals surface area contributed by atoms with Crippen molar-refractivity contribution in [3.63, 3.8) is 0 Å². The van der Waals surface area contributed by atoms with Gasteiger partial charge in [0, 0.05) is 25.6 Å². The molecule has 0 unspecified atom stereocenters. The third kappa shape index (κ3) is 3.12. The first-order valence-corrected chi connectivity index (χ1v) is 7.66. The van der Waals surface area contributed by atoms with E-state index in [0.717, 1.165) is 25.9 Å². The van der Waals surface area contributed by atoms with Gasteiger partial charge >= 0.3 is 0 Å². The number of carbonyl (C=O) groups is 1. The van der Waals surface area contributed by atoms with Crippen molar-refractivity contribution in [2.24, 2.45) is 5.92 Å². The number of halogens is 1. The standard InChI is InChI=1S/C12H22IN3O/c1-14-12(17)9-3-5-16(6-4-9)10-7-11(13)15(2)8-10/h9-11H,3-8H2,1-2H3,(H,14,17)/t10-,11-/m0/s1. The fourth-order valence-electron chi connectivity index (χ4n) is 2.92. The minimum absolute atomic E-state index is 0.222. The van der Waals surface area contributed by atoms with Gasteiger partial charge in [0.15, 0.2) is 0 Å². The SMILES string of the molecule is CNC(=O)C1CCN([C@H]2C[C@@H](I)N(C)C2)CC1. The lowest BCUT2D eigenvalue weighted by molar-refractivity contribution is -0.126. The molecule has 0 aromatic heterocycles. The molecule has 2 atom stereocenters. The number of likely N-dealkylation sites (tertiary alicyclic amines) is 2. The highest BCUT2D eigenvalue weighted by Crippen LogP contribution is 2.28. The average molecular weight is 351 g/mol. The number of rotatable bonds is 2. The molecule has 0 aromatic rings. The van der Waals surface area contributed by atoms with Crippen molar-refractivity contribution in [2.75, 3.05) is 33.7 Å². The number of hydrogen-bond acceptors (Lipinski definition) is 3. The molecule has 2 saturated heterocycles. The van der Waals surface area contributed by atoms with Crippen molar-refractivity contribution < 1.29 is 4.79 Å². The van der Waals surface area contributed by atoms with E-state index in [2.05, 4.69) is 44.8 Å². The Morgan fingerprint density at radius 1 is 1.35 bits per heavy atom. The van der Waals surface area contributed by atoms with Gasteiger partial charge in [-0.05, 0) is 39.4 Å². The molecular weight excluding hydrogens is 329 g/mol. The summed E-state index contributed by atoms with van der Waals surface area (Å²) in [6.07, 6.45) is 3.30. The summed E-state index contributed by atoms with van der Waals surface area (Å²) in [5, 5.41) is 2.77. The topological polar surface area (TPSA) is 35.6 Å². The lowest BCUT2D eigenvalue weighted by atomic mass is 9.95. The largest absolute Gasteiger partial charge is 0.359 e. The van der Waals surface area contributed by atoms with E-state index in [-0.39, 0.29) is 11.8 Å². The Balaban J connectivity index is 1.81. The van der Waals surface area contributed by atoms with E-state index in [1.807, 2.05) is 0 Å². The third-order valence-corrected chi connectivity index (χ3v) is 5.57. The second kappa shape index (κ2) is 5.84. The molecule has 98 valence electrons. The predicted octanol–water partition coefficient (Wildman–Crippen LogP) is 0.910. The van der Waals surface area contributed by atoms with E-state index in [9.17, 15) is 4.79 Å². The van der Waals surface area contributed by atoms with Crippen molar-refractivity contribution in [3.8, 4) is 0 Å². The van der Waals surface area contributed by atoms with E-state index < -0.39 is 0 Å². The summed E-state index contributed by atoms with van der Waals surface area (Å²) >= 11 is 2.53. The molecule has 2 fully saturated rings. The monoisotopic (exact) mass is 351 g/mol. The van der Waals surface area contributed by atoms with Crippen molar-refractivity contribution in [1.82, 2.24) is 15.1 Å². The van der Waals surface area contributed by atoms with Gasteiger partial charge < -0.3 is 5.32 Å². The second-order valence-electron chi connectivity index (χ2n) is 5.19. The highest BCUT2D eigenvalue weighted by Gasteiger charge is 2.34. The fraction of sp³-hybridized carbons (Fsp3) is 0.917. The number of hydrogen-bond donors (Lipinski definition) is 1. The van der Waals surface area contributed by atoms with Crippen LogP contribution in [-0.2, 0) is 4.79 Å². The summed E-state index contributed by atoms with van der Waals surface area (Å²) in [6, 6.07) is 0.701. The Bertz CT molecular complexity index is 269. The van der Waals surface area contributed by atoms with Gasteiger partial charge in [0.05, 0.1) is 4.05 Å². The highest BCUT2D eigenvalue weighted by atomic mass is 127. The van der Waals surface area contributed by atoms with Crippen LogP contribution < -0.4 is 5.32 Å². The minimum Gasteiger partial charge on any atom is -0.359 e. The molecule has 5 heteroatoms. The summed E-state index contributed by atoms with van der Waals surface area (Å²) in [5.74, 6) is 0.464. The first kappa shape index (κ1) is 13.5. The van der Waals surface area contributed by atoms with Crippen LogP contribution in [0, 0.1) is 5.92 Å². The van der Waals surface area contributed by atoms with Crippen LogP contribution in [0.4, 0.5) is 0 Å². The normalized spacial score (nSPS) is 32.9.